The number of anilines is 2. The molecule has 1 saturated carbocycles. The van der Waals surface area contributed by atoms with Crippen LogP contribution in [0.5, 0.6) is 5.75 Å². The highest BCUT2D eigenvalue weighted by Gasteiger charge is 2.61. The SMILES string of the molecule is CC(=O)NC[C@H]1COC(=O)N1c1cc(F)c(N2C[C@@H]3C(C(=O)Oc4c(F)c(F)c(F)c(F)c4F)[C@@H]3C2)c(F)c1. The Bertz CT molecular complexity index is 1340. The third kappa shape index (κ3) is 4.48. The number of cyclic esters (lactones) is 1. The number of nitrogens with one attached hydrogen (secondary N) is 1. The van der Waals surface area contributed by atoms with E-state index in [4.69, 9.17) is 4.74 Å². The molecule has 3 fully saturated rings. The average Bonchev–Trinajstić information content (AvgIpc) is 3.18. The second kappa shape index (κ2) is 9.61. The number of carbonyl (C=O) groups excluding carboxylic acids is 3. The van der Waals surface area contributed by atoms with Gasteiger partial charge in [-0.15, -0.1) is 0 Å². The van der Waals surface area contributed by atoms with E-state index in [1.165, 1.54) is 11.8 Å². The van der Waals surface area contributed by atoms with Crippen LogP contribution < -0.4 is 19.9 Å². The first-order chi connectivity index (χ1) is 18.4. The Morgan fingerprint density at radius 1 is 0.949 bits per heavy atom. The van der Waals surface area contributed by atoms with Gasteiger partial charge < -0.3 is 19.7 Å². The van der Waals surface area contributed by atoms with Crippen LogP contribution in [0.2, 0.25) is 0 Å². The van der Waals surface area contributed by atoms with Gasteiger partial charge in [0.25, 0.3) is 0 Å². The van der Waals surface area contributed by atoms with Crippen molar-refractivity contribution in [2.45, 2.75) is 13.0 Å². The molecule has 0 bridgehead atoms. The van der Waals surface area contributed by atoms with Gasteiger partial charge in [0.15, 0.2) is 11.6 Å². The maximum Gasteiger partial charge on any atom is 0.414 e. The molecule has 1 aliphatic carbocycles. The highest BCUT2D eigenvalue weighted by atomic mass is 19.2. The summed E-state index contributed by atoms with van der Waals surface area (Å²) in [5.41, 5.74) is -0.580. The number of amides is 2. The topological polar surface area (TPSA) is 88.2 Å². The third-order valence-corrected chi connectivity index (χ3v) is 6.98. The molecule has 2 aromatic rings. The Kier molecular flexibility index (Phi) is 6.55. The quantitative estimate of drug-likeness (QED) is 0.191. The lowest BCUT2D eigenvalue weighted by Crippen LogP contribution is -2.42. The number of benzene rings is 2. The molecule has 39 heavy (non-hydrogen) atoms. The number of esters is 1. The molecule has 15 heteroatoms. The average molecular weight is 561 g/mol. The fourth-order valence-corrected chi connectivity index (χ4v) is 5.08. The number of ether oxygens (including phenoxy) is 2. The monoisotopic (exact) mass is 561 g/mol. The summed E-state index contributed by atoms with van der Waals surface area (Å²) in [7, 11) is 0. The number of piperidine rings is 1. The minimum atomic E-state index is -2.40. The summed E-state index contributed by atoms with van der Waals surface area (Å²) in [5.74, 6) is -19.0. The van der Waals surface area contributed by atoms with Gasteiger partial charge in [0.1, 0.15) is 12.3 Å². The van der Waals surface area contributed by atoms with Crippen molar-refractivity contribution < 1.29 is 54.6 Å². The summed E-state index contributed by atoms with van der Waals surface area (Å²) in [5, 5.41) is 2.50. The molecule has 208 valence electrons. The minimum absolute atomic E-state index is 0.00988. The van der Waals surface area contributed by atoms with E-state index in [0.29, 0.717) is 0 Å². The van der Waals surface area contributed by atoms with E-state index in [9.17, 15) is 36.3 Å². The summed E-state index contributed by atoms with van der Waals surface area (Å²) < 4.78 is 107. The molecule has 2 aliphatic heterocycles. The van der Waals surface area contributed by atoms with Gasteiger partial charge in [-0.3, -0.25) is 14.5 Å². The Hall–Kier alpha value is -4.04. The van der Waals surface area contributed by atoms with Gasteiger partial charge in [-0.1, -0.05) is 0 Å². The van der Waals surface area contributed by atoms with Crippen LogP contribution >= 0.6 is 0 Å². The Balaban J connectivity index is 1.27. The minimum Gasteiger partial charge on any atom is -0.447 e. The van der Waals surface area contributed by atoms with E-state index in [-0.39, 0.29) is 37.8 Å². The molecule has 2 aromatic carbocycles. The first kappa shape index (κ1) is 26.6. The van der Waals surface area contributed by atoms with Crippen molar-refractivity contribution in [3.05, 3.63) is 52.9 Å². The molecule has 8 nitrogen and oxygen atoms in total. The fraction of sp³-hybridized carbons (Fsp3) is 0.375. The van der Waals surface area contributed by atoms with E-state index in [0.717, 1.165) is 17.0 Å². The van der Waals surface area contributed by atoms with Crippen LogP contribution in [0.15, 0.2) is 12.1 Å². The van der Waals surface area contributed by atoms with Crippen molar-refractivity contribution in [2.24, 2.45) is 17.8 Å². The molecule has 2 amide bonds. The van der Waals surface area contributed by atoms with Gasteiger partial charge in [-0.2, -0.15) is 8.78 Å². The second-order valence-corrected chi connectivity index (χ2v) is 9.37. The molecule has 3 aliphatic rings. The van der Waals surface area contributed by atoms with Gasteiger partial charge in [-0.05, 0) is 11.8 Å². The molecular formula is C24H18F7N3O5. The Labute approximate surface area is 215 Å². The fourth-order valence-electron chi connectivity index (χ4n) is 5.08. The summed E-state index contributed by atoms with van der Waals surface area (Å²) >= 11 is 0. The van der Waals surface area contributed by atoms with E-state index < -0.39 is 88.0 Å². The maximum atomic E-state index is 15.1. The van der Waals surface area contributed by atoms with Crippen molar-refractivity contribution in [1.82, 2.24) is 5.32 Å². The smallest absolute Gasteiger partial charge is 0.414 e. The van der Waals surface area contributed by atoms with E-state index in [1.807, 2.05) is 0 Å². The Morgan fingerprint density at radius 2 is 1.49 bits per heavy atom. The van der Waals surface area contributed by atoms with Crippen molar-refractivity contribution >= 4 is 29.3 Å². The third-order valence-electron chi connectivity index (χ3n) is 6.98. The zero-order valence-electron chi connectivity index (χ0n) is 19.9. The van der Waals surface area contributed by atoms with E-state index >= 15 is 8.78 Å². The summed E-state index contributed by atoms with van der Waals surface area (Å²) in [6, 6.07) is 1.14. The van der Waals surface area contributed by atoms with Gasteiger partial charge >= 0.3 is 12.1 Å². The molecule has 4 atom stereocenters. The first-order valence-electron chi connectivity index (χ1n) is 11.6. The molecule has 0 spiro atoms. The number of fused-ring (bicyclic) bond motifs is 1. The largest absolute Gasteiger partial charge is 0.447 e. The predicted octanol–water partition coefficient (Wildman–Crippen LogP) is 3.41. The molecule has 1 N–H and O–H groups in total. The van der Waals surface area contributed by atoms with Crippen LogP contribution in [0.1, 0.15) is 6.92 Å². The van der Waals surface area contributed by atoms with Crippen molar-refractivity contribution in [2.75, 3.05) is 36.0 Å². The molecule has 2 heterocycles. The molecule has 0 radical (unpaired) electrons. The lowest BCUT2D eigenvalue weighted by molar-refractivity contribution is -0.137. The summed E-state index contributed by atoms with van der Waals surface area (Å²) in [6.45, 7) is 1.02. The highest BCUT2D eigenvalue weighted by molar-refractivity contribution is 5.91. The van der Waals surface area contributed by atoms with E-state index in [1.54, 1.807) is 0 Å². The lowest BCUT2D eigenvalue weighted by atomic mass is 10.1. The highest BCUT2D eigenvalue weighted by Crippen LogP contribution is 2.54. The lowest BCUT2D eigenvalue weighted by Gasteiger charge is -2.26. The summed E-state index contributed by atoms with van der Waals surface area (Å²) in [4.78, 5) is 38.0. The normalized spacial score (nSPS) is 23.5. The van der Waals surface area contributed by atoms with Crippen LogP contribution in [0.4, 0.5) is 46.9 Å². The van der Waals surface area contributed by atoms with Crippen molar-refractivity contribution in [3.8, 4) is 5.75 Å². The van der Waals surface area contributed by atoms with Crippen LogP contribution in [0.25, 0.3) is 0 Å². The van der Waals surface area contributed by atoms with Crippen molar-refractivity contribution in [3.63, 3.8) is 0 Å². The van der Waals surface area contributed by atoms with E-state index in [2.05, 4.69) is 10.1 Å². The Morgan fingerprint density at radius 3 is 2.03 bits per heavy atom. The predicted molar refractivity (Wildman–Crippen MR) is 117 cm³/mol. The van der Waals surface area contributed by atoms with Crippen LogP contribution in [-0.2, 0) is 14.3 Å². The molecule has 5 rings (SSSR count). The first-order valence-corrected chi connectivity index (χ1v) is 11.6. The molecule has 0 aromatic heterocycles. The summed E-state index contributed by atoms with van der Waals surface area (Å²) in [6.07, 6.45) is -0.852. The van der Waals surface area contributed by atoms with Gasteiger partial charge in [-0.25, -0.2) is 26.7 Å². The molecular weight excluding hydrogens is 543 g/mol. The van der Waals surface area contributed by atoms with Crippen LogP contribution in [0, 0.1) is 58.5 Å². The van der Waals surface area contributed by atoms with Crippen LogP contribution in [-0.4, -0.2) is 50.3 Å². The number of carbonyl (C=O) groups is 3. The van der Waals surface area contributed by atoms with Crippen LogP contribution in [0.3, 0.4) is 0 Å². The molecule has 1 unspecified atom stereocenters. The van der Waals surface area contributed by atoms with Crippen molar-refractivity contribution in [1.29, 1.82) is 0 Å². The number of halogens is 7. The second-order valence-electron chi connectivity index (χ2n) is 9.37. The standard InChI is InChI=1S/C24H18F7N3O5/c1-8(35)32-4-10-7-38-24(37)34(10)9-2-13(25)21(14(26)3-9)33-5-11-12(6-33)15(11)23(36)39-22-19(30)17(28)16(27)18(29)20(22)31/h2-3,10-12,15H,4-7H2,1H3,(H,32,35)/t10-,11-,12+,15?/m0/s1. The number of rotatable bonds is 6. The number of nitrogens with zero attached hydrogens (tertiary/aromatic N) is 2. The number of hydrogen-bond acceptors (Lipinski definition) is 6. The molecule has 2 saturated heterocycles. The number of hydrogen-bond donors (Lipinski definition) is 1. The maximum absolute atomic E-state index is 15.1. The van der Waals surface area contributed by atoms with Gasteiger partial charge in [0, 0.05) is 38.7 Å². The van der Waals surface area contributed by atoms with Gasteiger partial charge in [0.05, 0.1) is 17.6 Å². The van der Waals surface area contributed by atoms with Gasteiger partial charge in [0.2, 0.25) is 40.7 Å². The zero-order valence-corrected chi connectivity index (χ0v) is 19.9. The zero-order chi connectivity index (χ0) is 28.3.